The van der Waals surface area contributed by atoms with Crippen molar-refractivity contribution in [3.8, 4) is 11.1 Å². The van der Waals surface area contributed by atoms with Gasteiger partial charge in [-0.25, -0.2) is 0 Å². The molecule has 0 radical (unpaired) electrons. The van der Waals surface area contributed by atoms with Crippen LogP contribution in [0.2, 0.25) is 0 Å². The fraction of sp³-hybridized carbons (Fsp3) is 0.118. The van der Waals surface area contributed by atoms with Crippen molar-refractivity contribution < 1.29 is 13.2 Å². The summed E-state index contributed by atoms with van der Waals surface area (Å²) in [5, 5.41) is 4.21. The fourth-order valence-electron chi connectivity index (χ4n) is 2.35. The van der Waals surface area contributed by atoms with Crippen molar-refractivity contribution in [2.75, 3.05) is 5.73 Å². The Morgan fingerprint density at radius 3 is 2.43 bits per heavy atom. The average Bonchev–Trinajstić information content (AvgIpc) is 2.96. The lowest BCUT2D eigenvalue weighted by Crippen LogP contribution is -2.08. The zero-order chi connectivity index (χ0) is 16.4. The Labute approximate surface area is 131 Å². The highest BCUT2D eigenvalue weighted by molar-refractivity contribution is 5.67. The second-order valence-corrected chi connectivity index (χ2v) is 5.21. The molecule has 0 bridgehead atoms. The molecule has 0 unspecified atom stereocenters. The summed E-state index contributed by atoms with van der Waals surface area (Å²) in [4.78, 5) is 0. The van der Waals surface area contributed by atoms with E-state index in [0.29, 0.717) is 17.7 Å². The van der Waals surface area contributed by atoms with E-state index in [1.54, 1.807) is 23.1 Å². The lowest BCUT2D eigenvalue weighted by atomic mass is 10.0. The summed E-state index contributed by atoms with van der Waals surface area (Å²) in [7, 11) is 0. The zero-order valence-corrected chi connectivity index (χ0v) is 12.1. The number of alkyl halides is 3. The van der Waals surface area contributed by atoms with Gasteiger partial charge in [0.25, 0.3) is 0 Å². The molecule has 6 heteroatoms. The summed E-state index contributed by atoms with van der Waals surface area (Å²) in [6.45, 7) is 0.557. The van der Waals surface area contributed by atoms with Gasteiger partial charge in [0.2, 0.25) is 0 Å². The maximum atomic E-state index is 12.9. The Morgan fingerprint density at radius 1 is 1.00 bits per heavy atom. The van der Waals surface area contributed by atoms with Gasteiger partial charge in [-0.3, -0.25) is 4.68 Å². The fourth-order valence-corrected chi connectivity index (χ4v) is 2.35. The molecular weight excluding hydrogens is 303 g/mol. The minimum atomic E-state index is -4.47. The molecule has 3 rings (SSSR count). The van der Waals surface area contributed by atoms with Crippen LogP contribution < -0.4 is 5.73 Å². The summed E-state index contributed by atoms with van der Waals surface area (Å²) in [5.74, 6) is 0. The highest BCUT2D eigenvalue weighted by Crippen LogP contribution is 2.36. The van der Waals surface area contributed by atoms with Gasteiger partial charge in [-0.1, -0.05) is 36.4 Å². The van der Waals surface area contributed by atoms with E-state index in [4.69, 9.17) is 5.73 Å². The third-order valence-electron chi connectivity index (χ3n) is 3.51. The lowest BCUT2D eigenvalue weighted by molar-refractivity contribution is -0.136. The zero-order valence-electron chi connectivity index (χ0n) is 12.1. The predicted octanol–water partition coefficient (Wildman–Crippen LogP) is 4.20. The van der Waals surface area contributed by atoms with Crippen molar-refractivity contribution in [3.63, 3.8) is 0 Å². The van der Waals surface area contributed by atoms with Crippen LogP contribution in [0.15, 0.2) is 60.9 Å². The highest BCUT2D eigenvalue weighted by Gasteiger charge is 2.33. The summed E-state index contributed by atoms with van der Waals surface area (Å²) >= 11 is 0. The van der Waals surface area contributed by atoms with E-state index in [-0.39, 0.29) is 5.69 Å². The molecule has 2 aromatic carbocycles. The Kier molecular flexibility index (Phi) is 3.82. The van der Waals surface area contributed by atoms with Crippen LogP contribution in [0.4, 0.5) is 18.9 Å². The van der Waals surface area contributed by atoms with E-state index in [2.05, 4.69) is 5.10 Å². The molecule has 2 N–H and O–H groups in total. The second-order valence-electron chi connectivity index (χ2n) is 5.21. The Bertz CT molecular complexity index is 807. The third-order valence-corrected chi connectivity index (χ3v) is 3.51. The molecule has 0 aliphatic heterocycles. The van der Waals surface area contributed by atoms with Gasteiger partial charge in [0.15, 0.2) is 0 Å². The number of nitrogen functional groups attached to an aromatic ring is 1. The molecule has 0 saturated carbocycles. The minimum absolute atomic E-state index is 0.280. The van der Waals surface area contributed by atoms with E-state index >= 15 is 0 Å². The summed E-state index contributed by atoms with van der Waals surface area (Å²) in [6.07, 6.45) is -1.20. The smallest absolute Gasteiger partial charge is 0.398 e. The molecule has 1 aromatic heterocycles. The first kappa shape index (κ1) is 15.1. The van der Waals surface area contributed by atoms with Crippen LogP contribution in [-0.2, 0) is 12.7 Å². The normalized spacial score (nSPS) is 11.6. The Hall–Kier alpha value is -2.76. The van der Waals surface area contributed by atoms with Gasteiger partial charge in [-0.05, 0) is 23.3 Å². The van der Waals surface area contributed by atoms with Crippen LogP contribution in [0.25, 0.3) is 11.1 Å². The van der Waals surface area contributed by atoms with E-state index in [1.165, 1.54) is 6.07 Å². The molecule has 0 aliphatic rings. The quantitative estimate of drug-likeness (QED) is 0.736. The van der Waals surface area contributed by atoms with E-state index in [1.807, 2.05) is 30.3 Å². The number of aromatic nitrogens is 2. The van der Waals surface area contributed by atoms with Crippen molar-refractivity contribution in [2.24, 2.45) is 0 Å². The largest absolute Gasteiger partial charge is 0.418 e. The van der Waals surface area contributed by atoms with Gasteiger partial charge in [0.1, 0.15) is 0 Å². The second kappa shape index (κ2) is 5.79. The van der Waals surface area contributed by atoms with Gasteiger partial charge in [0.05, 0.1) is 18.3 Å². The first-order valence-electron chi connectivity index (χ1n) is 6.97. The molecule has 3 aromatic rings. The maximum Gasteiger partial charge on any atom is 0.418 e. The van der Waals surface area contributed by atoms with Crippen LogP contribution in [-0.4, -0.2) is 9.78 Å². The number of benzene rings is 2. The molecule has 0 fully saturated rings. The standard InChI is InChI=1S/C17H14F3N3/c18-17(19,20)15-8-13(6-7-16(15)21)14-9-22-23(11-14)10-12-4-2-1-3-5-12/h1-9,11H,10,21H2. The lowest BCUT2D eigenvalue weighted by Gasteiger charge is -2.11. The number of halogens is 3. The molecular formula is C17H14F3N3. The first-order valence-corrected chi connectivity index (χ1v) is 6.97. The number of nitrogens with zero attached hydrogens (tertiary/aromatic N) is 2. The number of hydrogen-bond acceptors (Lipinski definition) is 2. The average molecular weight is 317 g/mol. The number of nitrogens with two attached hydrogens (primary N) is 1. The number of hydrogen-bond donors (Lipinski definition) is 1. The van der Waals surface area contributed by atoms with Crippen molar-refractivity contribution in [3.05, 3.63) is 72.1 Å². The van der Waals surface area contributed by atoms with Crippen LogP contribution >= 0.6 is 0 Å². The van der Waals surface area contributed by atoms with Crippen LogP contribution in [0, 0.1) is 0 Å². The molecule has 0 saturated heterocycles. The Balaban J connectivity index is 1.89. The maximum absolute atomic E-state index is 12.9. The summed E-state index contributed by atoms with van der Waals surface area (Å²) < 4.78 is 40.5. The molecule has 0 atom stereocenters. The van der Waals surface area contributed by atoms with Crippen LogP contribution in [0.1, 0.15) is 11.1 Å². The van der Waals surface area contributed by atoms with E-state index < -0.39 is 11.7 Å². The van der Waals surface area contributed by atoms with Gasteiger partial charge in [-0.2, -0.15) is 18.3 Å². The number of anilines is 1. The van der Waals surface area contributed by atoms with Crippen LogP contribution in [0.3, 0.4) is 0 Å². The van der Waals surface area contributed by atoms with Gasteiger partial charge < -0.3 is 5.73 Å². The summed E-state index contributed by atoms with van der Waals surface area (Å²) in [5.41, 5.74) is 6.43. The van der Waals surface area contributed by atoms with Gasteiger partial charge >= 0.3 is 6.18 Å². The van der Waals surface area contributed by atoms with Gasteiger partial charge in [0, 0.05) is 17.4 Å². The third kappa shape index (κ3) is 3.36. The molecule has 3 nitrogen and oxygen atoms in total. The van der Waals surface area contributed by atoms with Crippen molar-refractivity contribution in [1.29, 1.82) is 0 Å². The van der Waals surface area contributed by atoms with Crippen LogP contribution in [0.5, 0.6) is 0 Å². The minimum Gasteiger partial charge on any atom is -0.398 e. The Morgan fingerprint density at radius 2 is 1.74 bits per heavy atom. The molecule has 118 valence electrons. The van der Waals surface area contributed by atoms with Crippen molar-refractivity contribution in [2.45, 2.75) is 12.7 Å². The molecule has 23 heavy (non-hydrogen) atoms. The molecule has 1 heterocycles. The molecule has 0 spiro atoms. The van der Waals surface area contributed by atoms with Gasteiger partial charge in [-0.15, -0.1) is 0 Å². The monoisotopic (exact) mass is 317 g/mol. The highest BCUT2D eigenvalue weighted by atomic mass is 19.4. The van der Waals surface area contributed by atoms with Crippen molar-refractivity contribution in [1.82, 2.24) is 9.78 Å². The number of rotatable bonds is 3. The topological polar surface area (TPSA) is 43.8 Å². The predicted molar refractivity (Wildman–Crippen MR) is 82.6 cm³/mol. The molecule has 0 aliphatic carbocycles. The van der Waals surface area contributed by atoms with E-state index in [0.717, 1.165) is 11.6 Å². The summed E-state index contributed by atoms with van der Waals surface area (Å²) in [6, 6.07) is 13.6. The first-order chi connectivity index (χ1) is 10.9. The van der Waals surface area contributed by atoms with Crippen molar-refractivity contribution >= 4 is 5.69 Å². The van der Waals surface area contributed by atoms with E-state index in [9.17, 15) is 13.2 Å². The molecule has 0 amide bonds. The SMILES string of the molecule is Nc1ccc(-c2cnn(Cc3ccccc3)c2)cc1C(F)(F)F.